The molecule has 1 aromatic carbocycles. The first-order valence-electron chi connectivity index (χ1n) is 7.08. The zero-order valence-corrected chi connectivity index (χ0v) is 12.2. The van der Waals surface area contributed by atoms with Crippen LogP contribution in [0.2, 0.25) is 0 Å². The Morgan fingerprint density at radius 3 is 2.58 bits per heavy atom. The van der Waals surface area contributed by atoms with Gasteiger partial charge in [0.25, 0.3) is 0 Å². The van der Waals surface area contributed by atoms with Gasteiger partial charge in [-0.3, -0.25) is 4.90 Å². The van der Waals surface area contributed by atoms with E-state index < -0.39 is 0 Å². The van der Waals surface area contributed by atoms with E-state index in [0.717, 1.165) is 24.9 Å². The van der Waals surface area contributed by atoms with Crippen LogP contribution >= 0.6 is 0 Å². The highest BCUT2D eigenvalue weighted by atomic mass is 19.1. The maximum absolute atomic E-state index is 12.9. The molecule has 106 valence electrons. The molecule has 1 aliphatic rings. The summed E-state index contributed by atoms with van der Waals surface area (Å²) in [6.07, 6.45) is 3.42. The van der Waals surface area contributed by atoms with Gasteiger partial charge in [0, 0.05) is 18.6 Å². The summed E-state index contributed by atoms with van der Waals surface area (Å²) in [5.41, 5.74) is 7.79. The van der Waals surface area contributed by atoms with Crippen molar-refractivity contribution in [3.8, 4) is 0 Å². The third kappa shape index (κ3) is 3.77. The Hall–Kier alpha value is -0.930. The summed E-state index contributed by atoms with van der Waals surface area (Å²) in [6.45, 7) is 5.46. The van der Waals surface area contributed by atoms with Gasteiger partial charge in [0.05, 0.1) is 0 Å². The van der Waals surface area contributed by atoms with Crippen LogP contribution in [0.15, 0.2) is 24.3 Å². The molecule has 2 rings (SSSR count). The molecule has 2 nitrogen and oxygen atoms in total. The Bertz CT molecular complexity index is 413. The molecule has 0 aliphatic heterocycles. The summed E-state index contributed by atoms with van der Waals surface area (Å²) in [5, 5.41) is 0. The van der Waals surface area contributed by atoms with E-state index >= 15 is 0 Å². The minimum atomic E-state index is -0.179. The minimum Gasteiger partial charge on any atom is -0.326 e. The van der Waals surface area contributed by atoms with Gasteiger partial charge in [0.2, 0.25) is 0 Å². The molecule has 0 heterocycles. The van der Waals surface area contributed by atoms with E-state index in [1.165, 1.54) is 18.6 Å². The number of hydrogen-bond donors (Lipinski definition) is 1. The average molecular weight is 264 g/mol. The van der Waals surface area contributed by atoms with Gasteiger partial charge in [-0.05, 0) is 49.4 Å². The SMILES string of the molecule is CN(Cc1ccc(F)cc1)C1CC(C)(C)CCC1N. The Balaban J connectivity index is 2.02. The summed E-state index contributed by atoms with van der Waals surface area (Å²) in [7, 11) is 2.12. The number of hydrogen-bond acceptors (Lipinski definition) is 2. The largest absolute Gasteiger partial charge is 0.326 e. The van der Waals surface area contributed by atoms with E-state index in [1.807, 2.05) is 12.1 Å². The van der Waals surface area contributed by atoms with Crippen molar-refractivity contribution in [3.05, 3.63) is 35.6 Å². The molecular formula is C16H25FN2. The lowest BCUT2D eigenvalue weighted by molar-refractivity contribution is 0.0917. The topological polar surface area (TPSA) is 29.3 Å². The number of rotatable bonds is 3. The first kappa shape index (κ1) is 14.5. The average Bonchev–Trinajstić information content (AvgIpc) is 2.35. The van der Waals surface area contributed by atoms with E-state index in [-0.39, 0.29) is 11.9 Å². The maximum atomic E-state index is 12.9. The molecule has 0 aromatic heterocycles. The Kier molecular flexibility index (Phi) is 4.26. The van der Waals surface area contributed by atoms with Crippen LogP contribution in [0, 0.1) is 11.2 Å². The third-order valence-electron chi connectivity index (χ3n) is 4.32. The summed E-state index contributed by atoms with van der Waals surface area (Å²) in [4.78, 5) is 2.32. The maximum Gasteiger partial charge on any atom is 0.123 e. The molecular weight excluding hydrogens is 239 g/mol. The van der Waals surface area contributed by atoms with Gasteiger partial charge in [0.15, 0.2) is 0 Å². The van der Waals surface area contributed by atoms with Gasteiger partial charge in [-0.25, -0.2) is 4.39 Å². The van der Waals surface area contributed by atoms with Crippen LogP contribution in [0.5, 0.6) is 0 Å². The Morgan fingerprint density at radius 1 is 1.32 bits per heavy atom. The van der Waals surface area contributed by atoms with Crippen molar-refractivity contribution in [1.29, 1.82) is 0 Å². The van der Waals surface area contributed by atoms with Crippen LogP contribution in [0.1, 0.15) is 38.7 Å². The molecule has 1 saturated carbocycles. The van der Waals surface area contributed by atoms with Crippen LogP contribution in [0.4, 0.5) is 4.39 Å². The summed E-state index contributed by atoms with van der Waals surface area (Å²) in [6, 6.07) is 7.41. The fraction of sp³-hybridized carbons (Fsp3) is 0.625. The van der Waals surface area contributed by atoms with Crippen molar-refractivity contribution >= 4 is 0 Å². The van der Waals surface area contributed by atoms with Crippen molar-refractivity contribution in [1.82, 2.24) is 4.90 Å². The summed E-state index contributed by atoms with van der Waals surface area (Å²) < 4.78 is 12.9. The molecule has 19 heavy (non-hydrogen) atoms. The minimum absolute atomic E-state index is 0.179. The Labute approximate surface area is 115 Å². The number of halogens is 1. The molecule has 3 heteroatoms. The van der Waals surface area contributed by atoms with Gasteiger partial charge in [-0.2, -0.15) is 0 Å². The standard InChI is InChI=1S/C16H25FN2/c1-16(2)9-8-14(18)15(10-16)19(3)11-12-4-6-13(17)7-5-12/h4-7,14-15H,8-11,18H2,1-3H3. The number of nitrogens with two attached hydrogens (primary N) is 1. The molecule has 2 atom stereocenters. The van der Waals surface area contributed by atoms with E-state index in [1.54, 1.807) is 0 Å². The predicted molar refractivity (Wildman–Crippen MR) is 77.3 cm³/mol. The quantitative estimate of drug-likeness (QED) is 0.908. The first-order chi connectivity index (χ1) is 8.87. The van der Waals surface area contributed by atoms with Gasteiger partial charge in [-0.1, -0.05) is 26.0 Å². The lowest BCUT2D eigenvalue weighted by Crippen LogP contribution is -2.51. The highest BCUT2D eigenvalue weighted by Crippen LogP contribution is 2.36. The zero-order valence-electron chi connectivity index (χ0n) is 12.2. The molecule has 0 saturated heterocycles. The Morgan fingerprint density at radius 2 is 1.95 bits per heavy atom. The van der Waals surface area contributed by atoms with Gasteiger partial charge in [0.1, 0.15) is 5.82 Å². The van der Waals surface area contributed by atoms with E-state index in [0.29, 0.717) is 11.5 Å². The second kappa shape index (κ2) is 5.59. The molecule has 0 spiro atoms. The van der Waals surface area contributed by atoms with Gasteiger partial charge in [-0.15, -0.1) is 0 Å². The molecule has 0 bridgehead atoms. The van der Waals surface area contributed by atoms with Crippen molar-refractivity contribution in [3.63, 3.8) is 0 Å². The van der Waals surface area contributed by atoms with Crippen LogP contribution in [-0.2, 0) is 6.54 Å². The fourth-order valence-corrected chi connectivity index (χ4v) is 3.05. The van der Waals surface area contributed by atoms with Crippen molar-refractivity contribution in [2.24, 2.45) is 11.1 Å². The smallest absolute Gasteiger partial charge is 0.123 e. The number of likely N-dealkylation sites (N-methyl/N-ethyl adjacent to an activating group) is 1. The van der Waals surface area contributed by atoms with Gasteiger partial charge < -0.3 is 5.73 Å². The monoisotopic (exact) mass is 264 g/mol. The molecule has 0 radical (unpaired) electrons. The second-order valence-electron chi connectivity index (χ2n) is 6.68. The second-order valence-corrected chi connectivity index (χ2v) is 6.68. The predicted octanol–water partition coefficient (Wildman–Crippen LogP) is 3.16. The molecule has 1 fully saturated rings. The van der Waals surface area contributed by atoms with Crippen molar-refractivity contribution in [2.75, 3.05) is 7.05 Å². The van der Waals surface area contributed by atoms with Crippen LogP contribution in [0.25, 0.3) is 0 Å². The van der Waals surface area contributed by atoms with E-state index in [2.05, 4.69) is 25.8 Å². The molecule has 1 aliphatic carbocycles. The lowest BCUT2D eigenvalue weighted by Gasteiger charge is -2.43. The normalized spacial score (nSPS) is 26.6. The zero-order chi connectivity index (χ0) is 14.0. The highest BCUT2D eigenvalue weighted by Gasteiger charge is 2.34. The summed E-state index contributed by atoms with van der Waals surface area (Å²) in [5.74, 6) is -0.179. The number of benzene rings is 1. The molecule has 1 aromatic rings. The van der Waals surface area contributed by atoms with Gasteiger partial charge >= 0.3 is 0 Å². The third-order valence-corrected chi connectivity index (χ3v) is 4.32. The van der Waals surface area contributed by atoms with E-state index in [4.69, 9.17) is 5.73 Å². The first-order valence-corrected chi connectivity index (χ1v) is 7.08. The lowest BCUT2D eigenvalue weighted by atomic mass is 9.72. The van der Waals surface area contributed by atoms with Crippen LogP contribution in [0.3, 0.4) is 0 Å². The summed E-state index contributed by atoms with van der Waals surface area (Å²) >= 11 is 0. The van der Waals surface area contributed by atoms with Crippen LogP contribution < -0.4 is 5.73 Å². The molecule has 2 N–H and O–H groups in total. The van der Waals surface area contributed by atoms with E-state index in [9.17, 15) is 4.39 Å². The highest BCUT2D eigenvalue weighted by molar-refractivity contribution is 5.16. The van der Waals surface area contributed by atoms with Crippen molar-refractivity contribution in [2.45, 2.75) is 51.7 Å². The number of nitrogens with zero attached hydrogens (tertiary/aromatic N) is 1. The molecule has 0 amide bonds. The fourth-order valence-electron chi connectivity index (χ4n) is 3.05. The van der Waals surface area contributed by atoms with Crippen LogP contribution in [-0.4, -0.2) is 24.0 Å². The molecule has 2 unspecified atom stereocenters. The van der Waals surface area contributed by atoms with Crippen molar-refractivity contribution < 1.29 is 4.39 Å².